The van der Waals surface area contributed by atoms with Crippen molar-refractivity contribution in [2.75, 3.05) is 5.32 Å². The predicted molar refractivity (Wildman–Crippen MR) is 75.2 cm³/mol. The first-order valence-corrected chi connectivity index (χ1v) is 6.68. The summed E-state index contributed by atoms with van der Waals surface area (Å²) in [6.45, 7) is 5.47. The third-order valence-electron chi connectivity index (χ3n) is 2.05. The Kier molecular flexibility index (Phi) is 3.80. The van der Waals surface area contributed by atoms with Gasteiger partial charge in [-0.05, 0) is 32.9 Å². The first-order valence-electron chi connectivity index (χ1n) is 5.80. The maximum atomic E-state index is 11.6. The molecule has 2 aromatic heterocycles. The van der Waals surface area contributed by atoms with Gasteiger partial charge in [-0.2, -0.15) is 0 Å². The van der Waals surface area contributed by atoms with Crippen LogP contribution < -0.4 is 5.32 Å². The fraction of sp³-hybridized carbons (Fsp3) is 0.308. The Morgan fingerprint density at radius 2 is 2.00 bits per heavy atom. The van der Waals surface area contributed by atoms with Crippen LogP contribution in [0, 0.1) is 0 Å². The van der Waals surface area contributed by atoms with E-state index in [2.05, 4.69) is 15.3 Å². The van der Waals surface area contributed by atoms with Crippen LogP contribution in [0.2, 0.25) is 0 Å². The lowest BCUT2D eigenvalue weighted by atomic mass is 10.2. The highest BCUT2D eigenvalue weighted by molar-refractivity contribution is 7.14. The number of ether oxygens (including phenoxy) is 1. The molecule has 0 bridgehead atoms. The molecule has 5 nitrogen and oxygen atoms in total. The summed E-state index contributed by atoms with van der Waals surface area (Å²) in [5.74, 6) is 0.635. The van der Waals surface area contributed by atoms with Crippen molar-refractivity contribution in [3.63, 3.8) is 0 Å². The maximum Gasteiger partial charge on any atom is 0.412 e. The van der Waals surface area contributed by atoms with E-state index in [0.29, 0.717) is 10.8 Å². The standard InChI is InChI=1S/C13H15N3O2S/c1-13(2,3)18-12(17)16-10-7-9(8-19-10)11-14-5-4-6-15-11/h4-8H,1-3H3,(H,16,17). The molecule has 19 heavy (non-hydrogen) atoms. The Labute approximate surface area is 115 Å². The summed E-state index contributed by atoms with van der Waals surface area (Å²) in [6.07, 6.45) is 2.90. The predicted octanol–water partition coefficient (Wildman–Crippen LogP) is 3.55. The van der Waals surface area contributed by atoms with E-state index in [-0.39, 0.29) is 0 Å². The summed E-state index contributed by atoms with van der Waals surface area (Å²) in [4.78, 5) is 19.9. The third kappa shape index (κ3) is 4.03. The van der Waals surface area contributed by atoms with Gasteiger partial charge >= 0.3 is 6.09 Å². The molecular weight excluding hydrogens is 262 g/mol. The van der Waals surface area contributed by atoms with Gasteiger partial charge in [-0.3, -0.25) is 5.32 Å². The summed E-state index contributed by atoms with van der Waals surface area (Å²) in [7, 11) is 0. The average Bonchev–Trinajstić information content (AvgIpc) is 2.76. The van der Waals surface area contributed by atoms with Gasteiger partial charge in [0.05, 0.1) is 5.00 Å². The topological polar surface area (TPSA) is 64.1 Å². The van der Waals surface area contributed by atoms with Gasteiger partial charge in [-0.25, -0.2) is 14.8 Å². The lowest BCUT2D eigenvalue weighted by Crippen LogP contribution is -2.26. The van der Waals surface area contributed by atoms with Crippen LogP contribution in [0.3, 0.4) is 0 Å². The van der Waals surface area contributed by atoms with Crippen molar-refractivity contribution in [2.24, 2.45) is 0 Å². The van der Waals surface area contributed by atoms with Crippen molar-refractivity contribution < 1.29 is 9.53 Å². The van der Waals surface area contributed by atoms with Gasteiger partial charge in [0.1, 0.15) is 5.60 Å². The van der Waals surface area contributed by atoms with Crippen molar-refractivity contribution in [3.05, 3.63) is 29.9 Å². The van der Waals surface area contributed by atoms with Crippen LogP contribution in [0.4, 0.5) is 9.80 Å². The summed E-state index contributed by atoms with van der Waals surface area (Å²) >= 11 is 1.41. The van der Waals surface area contributed by atoms with Crippen molar-refractivity contribution in [2.45, 2.75) is 26.4 Å². The molecule has 2 heterocycles. The van der Waals surface area contributed by atoms with Gasteiger partial charge in [0, 0.05) is 23.3 Å². The Balaban J connectivity index is 2.04. The molecule has 0 saturated heterocycles. The zero-order valence-electron chi connectivity index (χ0n) is 11.0. The number of thiophene rings is 1. The van der Waals surface area contributed by atoms with Gasteiger partial charge in [0.2, 0.25) is 0 Å². The number of anilines is 1. The van der Waals surface area contributed by atoms with Crippen LogP contribution in [0.5, 0.6) is 0 Å². The summed E-state index contributed by atoms with van der Waals surface area (Å²) in [6, 6.07) is 3.58. The second-order valence-corrected chi connectivity index (χ2v) is 5.81. The molecule has 0 saturated carbocycles. The van der Waals surface area contributed by atoms with E-state index in [1.165, 1.54) is 11.3 Å². The number of carbonyl (C=O) groups is 1. The molecule has 2 rings (SSSR count). The minimum Gasteiger partial charge on any atom is -0.444 e. The third-order valence-corrected chi connectivity index (χ3v) is 2.89. The lowest BCUT2D eigenvalue weighted by molar-refractivity contribution is 0.0636. The minimum atomic E-state index is -0.507. The Morgan fingerprint density at radius 3 is 2.63 bits per heavy atom. The molecule has 0 aromatic carbocycles. The van der Waals surface area contributed by atoms with E-state index < -0.39 is 11.7 Å². The molecule has 0 aliphatic carbocycles. The normalized spacial score (nSPS) is 11.1. The molecule has 0 radical (unpaired) electrons. The molecule has 0 fully saturated rings. The van der Waals surface area contributed by atoms with Gasteiger partial charge < -0.3 is 4.74 Å². The first-order chi connectivity index (χ1) is 8.94. The molecule has 0 atom stereocenters. The summed E-state index contributed by atoms with van der Waals surface area (Å²) in [5, 5.41) is 5.29. The number of hydrogen-bond donors (Lipinski definition) is 1. The fourth-order valence-corrected chi connectivity index (χ4v) is 2.14. The molecule has 0 aliphatic heterocycles. The fourth-order valence-electron chi connectivity index (χ4n) is 1.37. The summed E-state index contributed by atoms with van der Waals surface area (Å²) < 4.78 is 5.18. The van der Waals surface area contributed by atoms with E-state index >= 15 is 0 Å². The van der Waals surface area contributed by atoms with E-state index in [0.717, 1.165) is 5.56 Å². The Morgan fingerprint density at radius 1 is 1.32 bits per heavy atom. The molecule has 1 N–H and O–H groups in total. The van der Waals surface area contributed by atoms with Crippen LogP contribution in [-0.4, -0.2) is 21.7 Å². The van der Waals surface area contributed by atoms with E-state index in [1.807, 2.05) is 32.2 Å². The number of amides is 1. The van der Waals surface area contributed by atoms with Gasteiger partial charge in [-0.15, -0.1) is 11.3 Å². The maximum absolute atomic E-state index is 11.6. The number of rotatable bonds is 2. The second kappa shape index (κ2) is 5.36. The molecule has 0 aliphatic rings. The van der Waals surface area contributed by atoms with Crippen molar-refractivity contribution in [3.8, 4) is 11.4 Å². The molecule has 100 valence electrons. The average molecular weight is 277 g/mol. The van der Waals surface area contributed by atoms with Crippen LogP contribution in [-0.2, 0) is 4.74 Å². The van der Waals surface area contributed by atoms with Gasteiger partial charge in [0.15, 0.2) is 5.82 Å². The highest BCUT2D eigenvalue weighted by Crippen LogP contribution is 2.26. The van der Waals surface area contributed by atoms with Gasteiger partial charge in [0.25, 0.3) is 0 Å². The molecule has 2 aromatic rings. The Hall–Kier alpha value is -1.95. The van der Waals surface area contributed by atoms with Crippen LogP contribution >= 0.6 is 11.3 Å². The molecule has 0 spiro atoms. The zero-order chi connectivity index (χ0) is 13.9. The number of hydrogen-bond acceptors (Lipinski definition) is 5. The van der Waals surface area contributed by atoms with Crippen molar-refractivity contribution in [1.82, 2.24) is 9.97 Å². The van der Waals surface area contributed by atoms with E-state index in [9.17, 15) is 4.79 Å². The highest BCUT2D eigenvalue weighted by Gasteiger charge is 2.17. The quantitative estimate of drug-likeness (QED) is 0.911. The molecule has 0 unspecified atom stereocenters. The highest BCUT2D eigenvalue weighted by atomic mass is 32.1. The molecular formula is C13H15N3O2S. The van der Waals surface area contributed by atoms with Gasteiger partial charge in [-0.1, -0.05) is 0 Å². The van der Waals surface area contributed by atoms with Crippen molar-refractivity contribution in [1.29, 1.82) is 0 Å². The second-order valence-electron chi connectivity index (χ2n) is 4.90. The SMILES string of the molecule is CC(C)(C)OC(=O)Nc1cc(-c2ncccn2)cs1. The number of nitrogens with zero attached hydrogens (tertiary/aromatic N) is 2. The van der Waals surface area contributed by atoms with Crippen LogP contribution in [0.25, 0.3) is 11.4 Å². The zero-order valence-corrected chi connectivity index (χ0v) is 11.8. The molecule has 6 heteroatoms. The number of carbonyl (C=O) groups excluding carboxylic acids is 1. The molecule has 1 amide bonds. The summed E-state index contributed by atoms with van der Waals surface area (Å²) in [5.41, 5.74) is 0.365. The monoisotopic (exact) mass is 277 g/mol. The largest absolute Gasteiger partial charge is 0.444 e. The Bertz CT molecular complexity index is 561. The van der Waals surface area contributed by atoms with E-state index in [4.69, 9.17) is 4.74 Å². The van der Waals surface area contributed by atoms with Crippen molar-refractivity contribution >= 4 is 22.4 Å². The number of nitrogens with one attached hydrogen (secondary N) is 1. The number of aromatic nitrogens is 2. The lowest BCUT2D eigenvalue weighted by Gasteiger charge is -2.19. The van der Waals surface area contributed by atoms with Crippen LogP contribution in [0.15, 0.2) is 29.9 Å². The first kappa shape index (κ1) is 13.5. The van der Waals surface area contributed by atoms with E-state index in [1.54, 1.807) is 18.5 Å². The van der Waals surface area contributed by atoms with Crippen LogP contribution in [0.1, 0.15) is 20.8 Å². The smallest absolute Gasteiger partial charge is 0.412 e. The minimum absolute atomic E-state index is 0.463.